The molecule has 19 heavy (non-hydrogen) atoms. The molecule has 0 saturated carbocycles. The highest BCUT2D eigenvalue weighted by atomic mass is 35.5. The van der Waals surface area contributed by atoms with Crippen LogP contribution in [0.5, 0.6) is 0 Å². The van der Waals surface area contributed by atoms with Gasteiger partial charge in [0.2, 0.25) is 0 Å². The van der Waals surface area contributed by atoms with E-state index in [1.54, 1.807) is 13.0 Å². The number of hydrogen-bond acceptors (Lipinski definition) is 4. The Balaban J connectivity index is 2.78. The maximum absolute atomic E-state index is 12.0. The third-order valence-electron chi connectivity index (χ3n) is 2.40. The molecule has 0 aliphatic rings. The normalized spacial score (nSPS) is 11.9. The second-order valence-corrected chi connectivity index (χ2v) is 5.34. The SMILES string of the molecule is CSCC[C@H](NC(=O)c1cc(C)nc(Cl)c1)C(=O)O. The lowest BCUT2D eigenvalue weighted by atomic mass is 10.2. The first kappa shape index (κ1) is 15.8. The van der Waals surface area contributed by atoms with Gasteiger partial charge >= 0.3 is 5.97 Å². The molecule has 7 heteroatoms. The summed E-state index contributed by atoms with van der Waals surface area (Å²) in [7, 11) is 0. The van der Waals surface area contributed by atoms with Crippen molar-refractivity contribution in [2.45, 2.75) is 19.4 Å². The number of aliphatic carboxylic acids is 1. The van der Waals surface area contributed by atoms with Crippen molar-refractivity contribution in [3.05, 3.63) is 28.5 Å². The third-order valence-corrected chi connectivity index (χ3v) is 3.24. The molecule has 0 aliphatic heterocycles. The van der Waals surface area contributed by atoms with E-state index in [9.17, 15) is 9.59 Å². The Labute approximate surface area is 120 Å². The van der Waals surface area contributed by atoms with Crippen molar-refractivity contribution >= 4 is 35.2 Å². The van der Waals surface area contributed by atoms with Crippen LogP contribution in [-0.4, -0.2) is 40.0 Å². The van der Waals surface area contributed by atoms with Crippen LogP contribution >= 0.6 is 23.4 Å². The summed E-state index contributed by atoms with van der Waals surface area (Å²) in [5.74, 6) is -0.840. The Morgan fingerprint density at radius 2 is 2.21 bits per heavy atom. The van der Waals surface area contributed by atoms with Crippen LogP contribution in [0, 0.1) is 6.92 Å². The number of rotatable bonds is 6. The summed E-state index contributed by atoms with van der Waals surface area (Å²) >= 11 is 7.30. The zero-order valence-corrected chi connectivity index (χ0v) is 12.2. The number of carbonyl (C=O) groups excluding carboxylic acids is 1. The van der Waals surface area contributed by atoms with E-state index in [1.165, 1.54) is 17.8 Å². The first-order chi connectivity index (χ1) is 8.93. The minimum Gasteiger partial charge on any atom is -0.480 e. The second-order valence-electron chi connectivity index (χ2n) is 3.97. The Morgan fingerprint density at radius 1 is 1.53 bits per heavy atom. The van der Waals surface area contributed by atoms with Crippen molar-refractivity contribution in [2.75, 3.05) is 12.0 Å². The molecular formula is C12H15ClN2O3S. The quantitative estimate of drug-likeness (QED) is 0.786. The van der Waals surface area contributed by atoms with Crippen LogP contribution in [0.3, 0.4) is 0 Å². The lowest BCUT2D eigenvalue weighted by Gasteiger charge is -2.14. The molecule has 0 radical (unpaired) electrons. The predicted octanol–water partition coefficient (Wildman–Crippen LogP) is 1.98. The number of thioether (sulfide) groups is 1. The van der Waals surface area contributed by atoms with Gasteiger partial charge in [-0.05, 0) is 37.5 Å². The average Bonchev–Trinajstić information content (AvgIpc) is 2.32. The van der Waals surface area contributed by atoms with Gasteiger partial charge in [-0.2, -0.15) is 11.8 Å². The van der Waals surface area contributed by atoms with E-state index in [0.29, 0.717) is 23.4 Å². The standard InChI is InChI=1S/C12H15ClN2O3S/c1-7-5-8(6-10(13)14-7)11(16)15-9(12(17)18)3-4-19-2/h5-6,9H,3-4H2,1-2H3,(H,15,16)(H,17,18)/t9-/m0/s1. The smallest absolute Gasteiger partial charge is 0.326 e. The summed E-state index contributed by atoms with van der Waals surface area (Å²) in [4.78, 5) is 26.9. The molecule has 5 nitrogen and oxygen atoms in total. The maximum atomic E-state index is 12.0. The number of amides is 1. The predicted molar refractivity (Wildman–Crippen MR) is 75.9 cm³/mol. The second kappa shape index (κ2) is 7.35. The van der Waals surface area contributed by atoms with Gasteiger partial charge in [0, 0.05) is 11.3 Å². The van der Waals surface area contributed by atoms with Crippen molar-refractivity contribution in [1.29, 1.82) is 0 Å². The fourth-order valence-corrected chi connectivity index (χ4v) is 2.22. The van der Waals surface area contributed by atoms with E-state index in [0.717, 1.165) is 0 Å². The summed E-state index contributed by atoms with van der Waals surface area (Å²) < 4.78 is 0. The van der Waals surface area contributed by atoms with E-state index in [-0.39, 0.29) is 5.15 Å². The van der Waals surface area contributed by atoms with Gasteiger partial charge in [0.05, 0.1) is 0 Å². The zero-order valence-electron chi connectivity index (χ0n) is 10.6. The van der Waals surface area contributed by atoms with Gasteiger partial charge in [-0.15, -0.1) is 0 Å². The van der Waals surface area contributed by atoms with Crippen LogP contribution in [0.2, 0.25) is 5.15 Å². The highest BCUT2D eigenvalue weighted by Gasteiger charge is 2.20. The van der Waals surface area contributed by atoms with Crippen molar-refractivity contribution in [3.63, 3.8) is 0 Å². The van der Waals surface area contributed by atoms with Gasteiger partial charge in [0.1, 0.15) is 11.2 Å². The summed E-state index contributed by atoms with van der Waals surface area (Å²) in [6.45, 7) is 1.71. The maximum Gasteiger partial charge on any atom is 0.326 e. The molecule has 1 rings (SSSR count). The highest BCUT2D eigenvalue weighted by molar-refractivity contribution is 7.98. The van der Waals surface area contributed by atoms with Crippen LogP contribution in [-0.2, 0) is 4.79 Å². The van der Waals surface area contributed by atoms with Gasteiger partial charge in [-0.25, -0.2) is 9.78 Å². The average molecular weight is 303 g/mol. The van der Waals surface area contributed by atoms with Gasteiger partial charge in [-0.3, -0.25) is 4.79 Å². The number of nitrogens with one attached hydrogen (secondary N) is 1. The molecule has 1 amide bonds. The number of halogens is 1. The molecule has 0 aliphatic carbocycles. The molecule has 0 unspecified atom stereocenters. The summed E-state index contributed by atoms with van der Waals surface area (Å²) in [6.07, 6.45) is 2.26. The Morgan fingerprint density at radius 3 is 2.74 bits per heavy atom. The molecule has 0 aromatic carbocycles. The lowest BCUT2D eigenvalue weighted by Crippen LogP contribution is -2.41. The summed E-state index contributed by atoms with van der Waals surface area (Å²) in [6, 6.07) is 2.08. The van der Waals surface area contributed by atoms with Crippen molar-refractivity contribution < 1.29 is 14.7 Å². The Bertz CT molecular complexity index is 462. The largest absolute Gasteiger partial charge is 0.480 e. The molecule has 1 atom stereocenters. The Kier molecular flexibility index (Phi) is 6.11. The lowest BCUT2D eigenvalue weighted by molar-refractivity contribution is -0.139. The van der Waals surface area contributed by atoms with Gasteiger partial charge in [-0.1, -0.05) is 11.6 Å². The van der Waals surface area contributed by atoms with E-state index in [4.69, 9.17) is 16.7 Å². The molecule has 1 aromatic heterocycles. The minimum atomic E-state index is -1.04. The molecule has 0 fully saturated rings. The number of carbonyl (C=O) groups is 2. The van der Waals surface area contributed by atoms with E-state index in [1.807, 2.05) is 6.26 Å². The number of nitrogens with zero attached hydrogens (tertiary/aromatic N) is 1. The Hall–Kier alpha value is -1.27. The van der Waals surface area contributed by atoms with E-state index >= 15 is 0 Å². The molecule has 2 N–H and O–H groups in total. The van der Waals surface area contributed by atoms with E-state index < -0.39 is 17.9 Å². The van der Waals surface area contributed by atoms with Crippen molar-refractivity contribution in [3.8, 4) is 0 Å². The molecule has 104 valence electrons. The fraction of sp³-hybridized carbons (Fsp3) is 0.417. The first-order valence-electron chi connectivity index (χ1n) is 5.61. The monoisotopic (exact) mass is 302 g/mol. The number of carboxylic acids is 1. The van der Waals surface area contributed by atoms with Crippen molar-refractivity contribution in [2.24, 2.45) is 0 Å². The number of aryl methyl sites for hydroxylation is 1. The summed E-state index contributed by atoms with van der Waals surface area (Å²) in [5.41, 5.74) is 0.918. The molecule has 1 aromatic rings. The fourth-order valence-electron chi connectivity index (χ4n) is 1.49. The number of hydrogen-bond donors (Lipinski definition) is 2. The van der Waals surface area contributed by atoms with Gasteiger partial charge in [0.25, 0.3) is 5.91 Å². The van der Waals surface area contributed by atoms with Crippen molar-refractivity contribution in [1.82, 2.24) is 10.3 Å². The minimum absolute atomic E-state index is 0.209. The van der Waals surface area contributed by atoms with Gasteiger partial charge < -0.3 is 10.4 Å². The molecular weight excluding hydrogens is 288 g/mol. The van der Waals surface area contributed by atoms with Crippen LogP contribution in [0.15, 0.2) is 12.1 Å². The zero-order chi connectivity index (χ0) is 14.4. The van der Waals surface area contributed by atoms with Crippen LogP contribution in [0.1, 0.15) is 22.5 Å². The summed E-state index contributed by atoms with van der Waals surface area (Å²) in [5, 5.41) is 11.7. The number of pyridine rings is 1. The number of carboxylic acid groups (broad SMARTS) is 1. The topological polar surface area (TPSA) is 79.3 Å². The van der Waals surface area contributed by atoms with E-state index in [2.05, 4.69) is 10.3 Å². The van der Waals surface area contributed by atoms with Crippen LogP contribution in [0.25, 0.3) is 0 Å². The van der Waals surface area contributed by atoms with Crippen LogP contribution < -0.4 is 5.32 Å². The third kappa shape index (κ3) is 5.08. The molecule has 0 spiro atoms. The molecule has 1 heterocycles. The highest BCUT2D eigenvalue weighted by Crippen LogP contribution is 2.11. The van der Waals surface area contributed by atoms with Gasteiger partial charge in [0.15, 0.2) is 0 Å². The van der Waals surface area contributed by atoms with Crippen LogP contribution in [0.4, 0.5) is 0 Å². The first-order valence-corrected chi connectivity index (χ1v) is 7.38. The molecule has 0 saturated heterocycles. The number of aromatic nitrogens is 1. The molecule has 0 bridgehead atoms.